The zero-order valence-electron chi connectivity index (χ0n) is 16.3. The van der Waals surface area contributed by atoms with E-state index in [4.69, 9.17) is 9.15 Å². The Morgan fingerprint density at radius 2 is 1.79 bits per heavy atom. The number of furan rings is 1. The monoisotopic (exact) mass is 394 g/mol. The largest absolute Gasteiger partial charge is 0.450 e. The van der Waals surface area contributed by atoms with Crippen LogP contribution in [0.4, 0.5) is 5.69 Å². The minimum absolute atomic E-state index is 0.0237. The Balaban J connectivity index is 1.50. The number of fused-ring (bicyclic) bond motifs is 1. The molecule has 150 valence electrons. The van der Waals surface area contributed by atoms with E-state index in [9.17, 15) is 14.4 Å². The molecule has 1 N–H and O–H groups in total. The van der Waals surface area contributed by atoms with E-state index in [1.807, 2.05) is 43.3 Å². The predicted octanol–water partition coefficient (Wildman–Crippen LogP) is 3.25. The summed E-state index contributed by atoms with van der Waals surface area (Å²) in [6.07, 6.45) is 0.781. The van der Waals surface area contributed by atoms with Crippen LogP contribution in [0, 0.1) is 0 Å². The number of nitrogens with zero attached hydrogens (tertiary/aromatic N) is 1. The Morgan fingerprint density at radius 1 is 1.07 bits per heavy atom. The van der Waals surface area contributed by atoms with Crippen LogP contribution in [0.2, 0.25) is 0 Å². The molecule has 0 atom stereocenters. The molecule has 0 aliphatic carbocycles. The lowest BCUT2D eigenvalue weighted by Gasteiger charge is -2.17. The first-order valence-electron chi connectivity index (χ1n) is 9.25. The lowest BCUT2D eigenvalue weighted by atomic mass is 10.1. The minimum Gasteiger partial charge on any atom is -0.450 e. The van der Waals surface area contributed by atoms with Gasteiger partial charge < -0.3 is 19.4 Å². The zero-order chi connectivity index (χ0) is 20.8. The number of benzene rings is 2. The van der Waals surface area contributed by atoms with Gasteiger partial charge in [0.25, 0.3) is 5.91 Å². The van der Waals surface area contributed by atoms with E-state index in [2.05, 4.69) is 5.32 Å². The number of nitrogens with one attached hydrogen (secondary N) is 1. The molecule has 0 spiro atoms. The number of carbonyl (C=O) groups is 3. The molecule has 0 saturated carbocycles. The number of amides is 2. The van der Waals surface area contributed by atoms with Gasteiger partial charge in [-0.25, -0.2) is 4.79 Å². The highest BCUT2D eigenvalue weighted by atomic mass is 16.5. The van der Waals surface area contributed by atoms with E-state index in [0.717, 1.165) is 23.1 Å². The van der Waals surface area contributed by atoms with Gasteiger partial charge >= 0.3 is 5.97 Å². The summed E-state index contributed by atoms with van der Waals surface area (Å²) in [7, 11) is 1.47. The van der Waals surface area contributed by atoms with E-state index in [-0.39, 0.29) is 18.2 Å². The fourth-order valence-electron chi connectivity index (χ4n) is 2.83. The number of carbonyl (C=O) groups excluding carboxylic acids is 3. The zero-order valence-corrected chi connectivity index (χ0v) is 16.3. The molecule has 0 aliphatic heterocycles. The molecule has 3 aromatic rings. The SMILES string of the molecule is CCc1ccccc1NC(=O)CN(C)C(=O)COC(=O)c1cc2ccccc2o1. The molecule has 0 radical (unpaired) electrons. The van der Waals surface area contributed by atoms with Gasteiger partial charge in [0.05, 0.1) is 6.54 Å². The first kappa shape index (κ1) is 20.1. The van der Waals surface area contributed by atoms with Crippen LogP contribution in [0.25, 0.3) is 11.0 Å². The number of hydrogen-bond donors (Lipinski definition) is 1. The van der Waals surface area contributed by atoms with Crippen molar-refractivity contribution in [2.75, 3.05) is 25.5 Å². The highest BCUT2D eigenvalue weighted by molar-refractivity contribution is 5.96. The molecule has 3 rings (SSSR count). The highest BCUT2D eigenvalue weighted by Crippen LogP contribution is 2.19. The molecule has 2 aromatic carbocycles. The average Bonchev–Trinajstić information content (AvgIpc) is 3.16. The van der Waals surface area contributed by atoms with Gasteiger partial charge in [-0.2, -0.15) is 0 Å². The van der Waals surface area contributed by atoms with Crippen molar-refractivity contribution in [1.29, 1.82) is 0 Å². The second kappa shape index (κ2) is 9.05. The number of aryl methyl sites for hydroxylation is 1. The van der Waals surface area contributed by atoms with Crippen LogP contribution in [-0.2, 0) is 20.7 Å². The first-order chi connectivity index (χ1) is 14.0. The molecule has 0 aliphatic rings. The van der Waals surface area contributed by atoms with Gasteiger partial charge in [-0.1, -0.05) is 43.3 Å². The lowest BCUT2D eigenvalue weighted by molar-refractivity contribution is -0.136. The Hall–Kier alpha value is -3.61. The third kappa shape index (κ3) is 5.01. The summed E-state index contributed by atoms with van der Waals surface area (Å²) in [5, 5.41) is 3.57. The topological polar surface area (TPSA) is 88.9 Å². The number of hydrogen-bond acceptors (Lipinski definition) is 5. The molecule has 0 fully saturated rings. The smallest absolute Gasteiger partial charge is 0.374 e. The van der Waals surface area contributed by atoms with Crippen LogP contribution >= 0.6 is 0 Å². The van der Waals surface area contributed by atoms with Gasteiger partial charge in [0.15, 0.2) is 6.61 Å². The van der Waals surface area contributed by atoms with Crippen LogP contribution in [0.3, 0.4) is 0 Å². The second-order valence-corrected chi connectivity index (χ2v) is 6.53. The summed E-state index contributed by atoms with van der Waals surface area (Å²) >= 11 is 0. The average molecular weight is 394 g/mol. The standard InChI is InChI=1S/C22H22N2O5/c1-3-15-8-4-6-10-17(15)23-20(25)13-24(2)21(26)14-28-22(27)19-12-16-9-5-7-11-18(16)29-19/h4-12H,3,13-14H2,1-2H3,(H,23,25). The van der Waals surface area contributed by atoms with Gasteiger partial charge in [0, 0.05) is 18.1 Å². The maximum absolute atomic E-state index is 12.2. The van der Waals surface area contributed by atoms with Crippen molar-refractivity contribution in [2.45, 2.75) is 13.3 Å². The van der Waals surface area contributed by atoms with Crippen LogP contribution in [0.1, 0.15) is 23.0 Å². The van der Waals surface area contributed by atoms with Crippen LogP contribution in [-0.4, -0.2) is 42.9 Å². The van der Waals surface area contributed by atoms with Gasteiger partial charge in [0.2, 0.25) is 11.7 Å². The van der Waals surface area contributed by atoms with Crippen LogP contribution in [0.15, 0.2) is 59.0 Å². The third-order valence-electron chi connectivity index (χ3n) is 4.43. The Kier molecular flexibility index (Phi) is 6.29. The number of esters is 1. The summed E-state index contributed by atoms with van der Waals surface area (Å²) in [6, 6.07) is 16.2. The minimum atomic E-state index is -0.732. The molecule has 2 amide bonds. The number of ether oxygens (including phenoxy) is 1. The predicted molar refractivity (Wildman–Crippen MR) is 109 cm³/mol. The summed E-state index contributed by atoms with van der Waals surface area (Å²) in [6.45, 7) is 1.36. The van der Waals surface area contributed by atoms with Gasteiger partial charge in [-0.05, 0) is 30.2 Å². The summed E-state index contributed by atoms with van der Waals surface area (Å²) < 4.78 is 10.4. The quantitative estimate of drug-likeness (QED) is 0.622. The summed E-state index contributed by atoms with van der Waals surface area (Å²) in [4.78, 5) is 37.7. The second-order valence-electron chi connectivity index (χ2n) is 6.53. The number of para-hydroxylation sites is 2. The number of anilines is 1. The van der Waals surface area contributed by atoms with Gasteiger partial charge in [-0.3, -0.25) is 9.59 Å². The van der Waals surface area contributed by atoms with Crippen molar-refractivity contribution in [3.05, 3.63) is 65.9 Å². The maximum Gasteiger partial charge on any atom is 0.374 e. The molecule has 0 unspecified atom stereocenters. The summed E-state index contributed by atoms with van der Waals surface area (Å²) in [5.74, 6) is -1.53. The normalized spacial score (nSPS) is 10.6. The molecular formula is C22H22N2O5. The third-order valence-corrected chi connectivity index (χ3v) is 4.43. The lowest BCUT2D eigenvalue weighted by Crippen LogP contribution is -2.37. The maximum atomic E-state index is 12.2. The van der Waals surface area contributed by atoms with Crippen LogP contribution in [0.5, 0.6) is 0 Å². The molecule has 0 saturated heterocycles. The highest BCUT2D eigenvalue weighted by Gasteiger charge is 2.18. The van der Waals surface area contributed by atoms with Crippen molar-refractivity contribution in [3.63, 3.8) is 0 Å². The molecular weight excluding hydrogens is 372 g/mol. The van der Waals surface area contributed by atoms with Gasteiger partial charge in [-0.15, -0.1) is 0 Å². The fraction of sp³-hybridized carbons (Fsp3) is 0.227. The molecule has 0 bridgehead atoms. The molecule has 1 aromatic heterocycles. The number of likely N-dealkylation sites (N-methyl/N-ethyl adjacent to an activating group) is 1. The summed E-state index contributed by atoms with van der Waals surface area (Å²) in [5.41, 5.74) is 2.29. The van der Waals surface area contributed by atoms with Gasteiger partial charge in [0.1, 0.15) is 5.58 Å². The fourth-order valence-corrected chi connectivity index (χ4v) is 2.83. The molecule has 7 heteroatoms. The Morgan fingerprint density at radius 3 is 2.55 bits per heavy atom. The van der Waals surface area contributed by atoms with E-state index >= 15 is 0 Å². The van der Waals surface area contributed by atoms with E-state index in [1.165, 1.54) is 11.9 Å². The van der Waals surface area contributed by atoms with Crippen molar-refractivity contribution < 1.29 is 23.5 Å². The molecule has 29 heavy (non-hydrogen) atoms. The van der Waals surface area contributed by atoms with E-state index in [1.54, 1.807) is 18.2 Å². The van der Waals surface area contributed by atoms with Crippen molar-refractivity contribution in [1.82, 2.24) is 4.90 Å². The van der Waals surface area contributed by atoms with E-state index in [0.29, 0.717) is 5.58 Å². The molecule has 7 nitrogen and oxygen atoms in total. The Bertz CT molecular complexity index is 1010. The first-order valence-corrected chi connectivity index (χ1v) is 9.25. The number of rotatable bonds is 7. The molecule has 1 heterocycles. The van der Waals surface area contributed by atoms with Crippen molar-refractivity contribution in [3.8, 4) is 0 Å². The van der Waals surface area contributed by atoms with Crippen LogP contribution < -0.4 is 5.32 Å². The van der Waals surface area contributed by atoms with Crippen molar-refractivity contribution >= 4 is 34.4 Å². The van der Waals surface area contributed by atoms with Crippen molar-refractivity contribution in [2.24, 2.45) is 0 Å². The van der Waals surface area contributed by atoms with E-state index < -0.39 is 18.5 Å². The Labute approximate surface area is 168 Å².